The van der Waals surface area contributed by atoms with E-state index in [0.29, 0.717) is 14.8 Å². The summed E-state index contributed by atoms with van der Waals surface area (Å²) in [6.07, 6.45) is 1.61. The van der Waals surface area contributed by atoms with Crippen molar-refractivity contribution < 1.29 is 18.7 Å². The van der Waals surface area contributed by atoms with Crippen LogP contribution in [0.1, 0.15) is 12.5 Å². The molecule has 1 aromatic rings. The summed E-state index contributed by atoms with van der Waals surface area (Å²) in [4.78, 5) is 25.2. The summed E-state index contributed by atoms with van der Waals surface area (Å²) in [6.45, 7) is 1.74. The van der Waals surface area contributed by atoms with E-state index >= 15 is 0 Å². The van der Waals surface area contributed by atoms with E-state index < -0.39 is 5.97 Å². The molecule has 1 amide bonds. The third-order valence-corrected chi connectivity index (χ3v) is 4.01. The molecule has 0 saturated carbocycles. The fraction of sp³-hybridized carbons (Fsp3) is 0.214. The molecule has 7 heteroatoms. The quantitative estimate of drug-likeness (QED) is 0.484. The summed E-state index contributed by atoms with van der Waals surface area (Å²) < 4.78 is 18.0. The fourth-order valence-corrected chi connectivity index (χ4v) is 2.94. The van der Waals surface area contributed by atoms with Crippen LogP contribution in [0, 0.1) is 5.82 Å². The summed E-state index contributed by atoms with van der Waals surface area (Å²) in [7, 11) is 0. The van der Waals surface area contributed by atoms with Crippen molar-refractivity contribution in [1.82, 2.24) is 4.90 Å². The van der Waals surface area contributed by atoms with Crippen LogP contribution in [0.4, 0.5) is 4.39 Å². The lowest BCUT2D eigenvalue weighted by molar-refractivity contribution is -0.145. The number of hydrogen-bond donors (Lipinski definition) is 0. The lowest BCUT2D eigenvalue weighted by Crippen LogP contribution is -2.34. The average molecular weight is 325 g/mol. The zero-order chi connectivity index (χ0) is 15.4. The highest BCUT2D eigenvalue weighted by Gasteiger charge is 2.33. The van der Waals surface area contributed by atoms with Crippen LogP contribution in [0.15, 0.2) is 29.2 Å². The van der Waals surface area contributed by atoms with Gasteiger partial charge in [0.15, 0.2) is 0 Å². The van der Waals surface area contributed by atoms with Crippen LogP contribution in [0.25, 0.3) is 6.08 Å². The molecule has 0 bridgehead atoms. The van der Waals surface area contributed by atoms with Crippen LogP contribution < -0.4 is 0 Å². The first-order valence-electron chi connectivity index (χ1n) is 6.18. The van der Waals surface area contributed by atoms with Gasteiger partial charge >= 0.3 is 5.97 Å². The number of hydrogen-bond acceptors (Lipinski definition) is 5. The summed E-state index contributed by atoms with van der Waals surface area (Å²) in [6, 6.07) is 5.75. The lowest BCUT2D eigenvalue weighted by atomic mass is 10.2. The third kappa shape index (κ3) is 3.89. The number of rotatable bonds is 4. The first-order chi connectivity index (χ1) is 10.0. The number of esters is 1. The smallest absolute Gasteiger partial charge is 0.326 e. The van der Waals surface area contributed by atoms with Gasteiger partial charge in [-0.3, -0.25) is 14.5 Å². The summed E-state index contributed by atoms with van der Waals surface area (Å²) in [5.74, 6) is -1.19. The molecule has 0 unspecified atom stereocenters. The Morgan fingerprint density at radius 3 is 2.71 bits per heavy atom. The zero-order valence-electron chi connectivity index (χ0n) is 11.2. The molecule has 1 fully saturated rings. The molecule has 1 heterocycles. The minimum Gasteiger partial charge on any atom is -0.465 e. The van der Waals surface area contributed by atoms with Crippen molar-refractivity contribution in [2.45, 2.75) is 6.92 Å². The van der Waals surface area contributed by atoms with Gasteiger partial charge in [0.1, 0.15) is 16.7 Å². The molecule has 21 heavy (non-hydrogen) atoms. The molecule has 0 radical (unpaired) electrons. The van der Waals surface area contributed by atoms with E-state index in [1.54, 1.807) is 25.1 Å². The van der Waals surface area contributed by atoms with Gasteiger partial charge in [0.2, 0.25) is 0 Å². The second-order valence-electron chi connectivity index (χ2n) is 4.12. The Morgan fingerprint density at radius 2 is 2.10 bits per heavy atom. The Morgan fingerprint density at radius 1 is 1.43 bits per heavy atom. The number of ether oxygens (including phenoxy) is 1. The molecule has 1 saturated heterocycles. The van der Waals surface area contributed by atoms with Gasteiger partial charge in [0.05, 0.1) is 11.5 Å². The van der Waals surface area contributed by atoms with E-state index in [1.807, 2.05) is 0 Å². The number of nitrogens with zero attached hydrogens (tertiary/aromatic N) is 1. The van der Waals surface area contributed by atoms with Gasteiger partial charge < -0.3 is 4.74 Å². The topological polar surface area (TPSA) is 46.6 Å². The number of benzene rings is 1. The Hall–Kier alpha value is -1.73. The Bertz CT molecular complexity index is 613. The highest BCUT2D eigenvalue weighted by molar-refractivity contribution is 8.26. The molecule has 0 atom stereocenters. The largest absolute Gasteiger partial charge is 0.465 e. The summed E-state index contributed by atoms with van der Waals surface area (Å²) >= 11 is 6.20. The highest BCUT2D eigenvalue weighted by atomic mass is 32.2. The van der Waals surface area contributed by atoms with Crippen LogP contribution in [0.2, 0.25) is 0 Å². The molecule has 0 aromatic heterocycles. The normalized spacial score (nSPS) is 16.7. The number of halogens is 1. The van der Waals surface area contributed by atoms with Crippen molar-refractivity contribution in [2.75, 3.05) is 13.2 Å². The second kappa shape index (κ2) is 6.82. The van der Waals surface area contributed by atoms with Crippen LogP contribution in [0.3, 0.4) is 0 Å². The second-order valence-corrected chi connectivity index (χ2v) is 5.80. The molecule has 1 aliphatic rings. The number of amides is 1. The maximum atomic E-state index is 12.8. The summed E-state index contributed by atoms with van der Waals surface area (Å²) in [5.41, 5.74) is 0.688. The maximum absolute atomic E-state index is 12.8. The van der Waals surface area contributed by atoms with Crippen LogP contribution in [0.5, 0.6) is 0 Å². The standard InChI is InChI=1S/C14H12FNO3S2/c1-2-19-12(17)8-16-13(18)11(21-14(16)20)7-9-3-5-10(15)6-4-9/h3-7H,2,8H2,1H3/b11-7+. The van der Waals surface area contributed by atoms with E-state index in [9.17, 15) is 14.0 Å². The molecular weight excluding hydrogens is 313 g/mol. The Labute approximate surface area is 130 Å². The van der Waals surface area contributed by atoms with E-state index in [-0.39, 0.29) is 24.9 Å². The van der Waals surface area contributed by atoms with Crippen molar-refractivity contribution >= 4 is 46.3 Å². The van der Waals surface area contributed by atoms with Gasteiger partial charge in [-0.25, -0.2) is 4.39 Å². The molecule has 110 valence electrons. The minimum atomic E-state index is -0.503. The van der Waals surface area contributed by atoms with Crippen molar-refractivity contribution in [3.8, 4) is 0 Å². The van der Waals surface area contributed by atoms with Crippen molar-refractivity contribution in [3.05, 3.63) is 40.6 Å². The zero-order valence-corrected chi connectivity index (χ0v) is 12.8. The molecule has 0 N–H and O–H groups in total. The first-order valence-corrected chi connectivity index (χ1v) is 7.40. The summed E-state index contributed by atoms with van der Waals surface area (Å²) in [5, 5.41) is 0. The van der Waals surface area contributed by atoms with Gasteiger partial charge in [-0.1, -0.05) is 36.1 Å². The number of thiocarbonyl (C=S) groups is 1. The molecule has 0 spiro atoms. The van der Waals surface area contributed by atoms with E-state index in [1.165, 1.54) is 17.0 Å². The maximum Gasteiger partial charge on any atom is 0.326 e. The van der Waals surface area contributed by atoms with Crippen molar-refractivity contribution in [1.29, 1.82) is 0 Å². The van der Waals surface area contributed by atoms with Crippen LogP contribution in [-0.4, -0.2) is 34.2 Å². The number of thioether (sulfide) groups is 1. The fourth-order valence-electron chi connectivity index (χ4n) is 1.68. The minimum absolute atomic E-state index is 0.195. The molecule has 1 aromatic carbocycles. The van der Waals surface area contributed by atoms with E-state index in [2.05, 4.69) is 0 Å². The van der Waals surface area contributed by atoms with E-state index in [0.717, 1.165) is 11.8 Å². The predicted octanol–water partition coefficient (Wildman–Crippen LogP) is 2.59. The average Bonchev–Trinajstić information content (AvgIpc) is 2.69. The first kappa shape index (κ1) is 15.7. The van der Waals surface area contributed by atoms with Crippen LogP contribution in [-0.2, 0) is 14.3 Å². The predicted molar refractivity (Wildman–Crippen MR) is 82.9 cm³/mol. The monoisotopic (exact) mass is 325 g/mol. The lowest BCUT2D eigenvalue weighted by Gasteiger charge is -2.12. The molecule has 2 rings (SSSR count). The van der Waals surface area contributed by atoms with Gasteiger partial charge in [-0.2, -0.15) is 0 Å². The highest BCUT2D eigenvalue weighted by Crippen LogP contribution is 2.32. The van der Waals surface area contributed by atoms with Crippen molar-refractivity contribution in [3.63, 3.8) is 0 Å². The van der Waals surface area contributed by atoms with Crippen molar-refractivity contribution in [2.24, 2.45) is 0 Å². The van der Waals surface area contributed by atoms with Gasteiger partial charge in [0.25, 0.3) is 5.91 Å². The Balaban J connectivity index is 2.13. The Kier molecular flexibility index (Phi) is 5.08. The molecule has 4 nitrogen and oxygen atoms in total. The van der Waals surface area contributed by atoms with Gasteiger partial charge in [-0.05, 0) is 30.7 Å². The number of carbonyl (C=O) groups is 2. The SMILES string of the molecule is CCOC(=O)CN1C(=O)/C(=C\c2ccc(F)cc2)SC1=S. The van der Waals surface area contributed by atoms with Gasteiger partial charge in [-0.15, -0.1) is 0 Å². The molecule has 1 aliphatic heterocycles. The van der Waals surface area contributed by atoms with Gasteiger partial charge in [0, 0.05) is 0 Å². The van der Waals surface area contributed by atoms with E-state index in [4.69, 9.17) is 17.0 Å². The van der Waals surface area contributed by atoms with Crippen LogP contribution >= 0.6 is 24.0 Å². The molecular formula is C14H12FNO3S2. The molecule has 0 aliphatic carbocycles. The number of carbonyl (C=O) groups excluding carboxylic acids is 2. The third-order valence-electron chi connectivity index (χ3n) is 2.63.